The van der Waals surface area contributed by atoms with Crippen molar-refractivity contribution in [1.29, 1.82) is 0 Å². The number of rotatable bonds is 3. The molecule has 0 radical (unpaired) electrons. The minimum absolute atomic E-state index is 0.0816. The van der Waals surface area contributed by atoms with Gasteiger partial charge in [-0.2, -0.15) is 0 Å². The quantitative estimate of drug-likeness (QED) is 0.898. The lowest BCUT2D eigenvalue weighted by molar-refractivity contribution is 0.0777. The summed E-state index contributed by atoms with van der Waals surface area (Å²) in [6, 6.07) is 6.65. The number of hydrogen-bond acceptors (Lipinski definition) is 5. The van der Waals surface area contributed by atoms with E-state index in [0.29, 0.717) is 25.2 Å². The zero-order valence-electron chi connectivity index (χ0n) is 11.2. The van der Waals surface area contributed by atoms with Crippen molar-refractivity contribution in [1.82, 2.24) is 20.4 Å². The first-order chi connectivity index (χ1) is 10.2. The average Bonchev–Trinajstić information content (AvgIpc) is 3.19. The Balaban J connectivity index is 1.58. The van der Waals surface area contributed by atoms with E-state index in [1.165, 1.54) is 12.3 Å². The van der Waals surface area contributed by atoms with Gasteiger partial charge in [0, 0.05) is 31.4 Å². The molecule has 1 saturated heterocycles. The van der Waals surface area contributed by atoms with Gasteiger partial charge in [0.15, 0.2) is 5.69 Å². The van der Waals surface area contributed by atoms with Crippen LogP contribution in [-0.4, -0.2) is 46.0 Å². The van der Waals surface area contributed by atoms with Crippen molar-refractivity contribution < 1.29 is 14.1 Å². The van der Waals surface area contributed by atoms with Crippen LogP contribution in [0.25, 0.3) is 0 Å². The number of hydrogen-bond donors (Lipinski definition) is 1. The highest BCUT2D eigenvalue weighted by atomic mass is 16.5. The van der Waals surface area contributed by atoms with Crippen LogP contribution in [0.5, 0.6) is 0 Å². The first-order valence-corrected chi connectivity index (χ1v) is 6.65. The van der Waals surface area contributed by atoms with Gasteiger partial charge in [0.2, 0.25) is 0 Å². The number of nitrogens with one attached hydrogen (secondary N) is 1. The second-order valence-electron chi connectivity index (χ2n) is 4.81. The van der Waals surface area contributed by atoms with E-state index in [1.807, 2.05) is 0 Å². The van der Waals surface area contributed by atoms with Gasteiger partial charge in [-0.05, 0) is 18.6 Å². The van der Waals surface area contributed by atoms with Crippen LogP contribution in [0.2, 0.25) is 0 Å². The van der Waals surface area contributed by atoms with E-state index in [0.717, 1.165) is 0 Å². The summed E-state index contributed by atoms with van der Waals surface area (Å²) in [4.78, 5) is 29.8. The topological polar surface area (TPSA) is 88.3 Å². The molecule has 7 heteroatoms. The molecule has 0 saturated carbocycles. The predicted molar refractivity (Wildman–Crippen MR) is 72.5 cm³/mol. The van der Waals surface area contributed by atoms with Gasteiger partial charge in [-0.25, -0.2) is 0 Å². The van der Waals surface area contributed by atoms with Gasteiger partial charge in [0.25, 0.3) is 11.8 Å². The zero-order valence-corrected chi connectivity index (χ0v) is 11.2. The summed E-state index contributed by atoms with van der Waals surface area (Å²) in [5.74, 6) is -0.408. The standard InChI is InChI=1S/C14H14N4O3/c19-13(11-5-8-21-17-11)16-10-4-7-18(9-10)14(20)12-3-1-2-6-15-12/h1-3,5-6,8,10H,4,7,9H2,(H,16,19)/t10-/m1/s1. The molecule has 3 heterocycles. The van der Waals surface area contributed by atoms with Gasteiger partial charge < -0.3 is 14.7 Å². The summed E-state index contributed by atoms with van der Waals surface area (Å²) < 4.78 is 4.63. The van der Waals surface area contributed by atoms with E-state index in [1.54, 1.807) is 29.3 Å². The third-order valence-corrected chi connectivity index (χ3v) is 3.37. The van der Waals surface area contributed by atoms with Crippen molar-refractivity contribution in [2.24, 2.45) is 0 Å². The summed E-state index contributed by atoms with van der Waals surface area (Å²) in [7, 11) is 0. The molecule has 0 spiro atoms. The molecule has 0 unspecified atom stereocenters. The number of aromatic nitrogens is 2. The molecule has 1 aliphatic heterocycles. The zero-order chi connectivity index (χ0) is 14.7. The Morgan fingerprint density at radius 3 is 2.90 bits per heavy atom. The first kappa shape index (κ1) is 13.3. The Morgan fingerprint density at radius 2 is 2.19 bits per heavy atom. The first-order valence-electron chi connectivity index (χ1n) is 6.65. The molecule has 2 amide bonds. The van der Waals surface area contributed by atoms with Crippen LogP contribution in [0.1, 0.15) is 27.4 Å². The highest BCUT2D eigenvalue weighted by molar-refractivity contribution is 5.93. The van der Waals surface area contributed by atoms with Crippen LogP contribution in [0.3, 0.4) is 0 Å². The fourth-order valence-corrected chi connectivity index (χ4v) is 2.30. The van der Waals surface area contributed by atoms with E-state index < -0.39 is 0 Å². The van der Waals surface area contributed by atoms with Gasteiger partial charge in [-0.15, -0.1) is 0 Å². The lowest BCUT2D eigenvalue weighted by Gasteiger charge is -2.16. The van der Waals surface area contributed by atoms with Gasteiger partial charge in [-0.1, -0.05) is 11.2 Å². The maximum absolute atomic E-state index is 12.2. The Morgan fingerprint density at radius 1 is 1.29 bits per heavy atom. The van der Waals surface area contributed by atoms with Crippen LogP contribution in [-0.2, 0) is 0 Å². The minimum atomic E-state index is -0.291. The van der Waals surface area contributed by atoms with Crippen molar-refractivity contribution in [2.75, 3.05) is 13.1 Å². The Bertz CT molecular complexity index is 627. The number of carbonyl (C=O) groups excluding carboxylic acids is 2. The molecular weight excluding hydrogens is 272 g/mol. The van der Waals surface area contributed by atoms with Crippen molar-refractivity contribution in [3.8, 4) is 0 Å². The lowest BCUT2D eigenvalue weighted by Crippen LogP contribution is -2.38. The molecule has 21 heavy (non-hydrogen) atoms. The summed E-state index contributed by atoms with van der Waals surface area (Å²) in [6.45, 7) is 1.07. The van der Waals surface area contributed by atoms with Crippen LogP contribution >= 0.6 is 0 Å². The number of pyridine rings is 1. The van der Waals surface area contributed by atoms with Crippen LogP contribution < -0.4 is 5.32 Å². The maximum Gasteiger partial charge on any atom is 0.273 e. The van der Waals surface area contributed by atoms with Gasteiger partial charge in [-0.3, -0.25) is 14.6 Å². The summed E-state index contributed by atoms with van der Waals surface area (Å²) in [5.41, 5.74) is 0.658. The van der Waals surface area contributed by atoms with Crippen molar-refractivity contribution >= 4 is 11.8 Å². The highest BCUT2D eigenvalue weighted by Gasteiger charge is 2.29. The molecule has 1 atom stereocenters. The third kappa shape index (κ3) is 2.91. The molecule has 2 aromatic heterocycles. The molecular formula is C14H14N4O3. The van der Waals surface area contributed by atoms with Crippen molar-refractivity contribution in [3.63, 3.8) is 0 Å². The number of nitrogens with zero attached hydrogens (tertiary/aromatic N) is 3. The summed E-state index contributed by atoms with van der Waals surface area (Å²) >= 11 is 0. The van der Waals surface area contributed by atoms with E-state index >= 15 is 0 Å². The Labute approximate surface area is 120 Å². The molecule has 0 aliphatic carbocycles. The summed E-state index contributed by atoms with van der Waals surface area (Å²) in [5, 5.41) is 6.42. The minimum Gasteiger partial charge on any atom is -0.364 e. The van der Waals surface area contributed by atoms with Gasteiger partial charge in [0.1, 0.15) is 12.0 Å². The number of carbonyl (C=O) groups is 2. The number of amides is 2. The van der Waals surface area contributed by atoms with Crippen molar-refractivity contribution in [3.05, 3.63) is 48.1 Å². The highest BCUT2D eigenvalue weighted by Crippen LogP contribution is 2.13. The predicted octanol–water partition coefficient (Wildman–Crippen LogP) is 0.714. The smallest absolute Gasteiger partial charge is 0.273 e. The van der Waals surface area contributed by atoms with Crippen LogP contribution in [0.15, 0.2) is 41.2 Å². The molecule has 1 aliphatic rings. The summed E-state index contributed by atoms with van der Waals surface area (Å²) in [6.07, 6.45) is 3.65. The molecule has 7 nitrogen and oxygen atoms in total. The second kappa shape index (κ2) is 5.74. The van der Waals surface area contributed by atoms with Crippen molar-refractivity contribution in [2.45, 2.75) is 12.5 Å². The van der Waals surface area contributed by atoms with Crippen LogP contribution in [0.4, 0.5) is 0 Å². The Hall–Kier alpha value is -2.70. The molecule has 2 aromatic rings. The van der Waals surface area contributed by atoms with Crippen LogP contribution in [0, 0.1) is 0 Å². The van der Waals surface area contributed by atoms with Gasteiger partial charge in [0.05, 0.1) is 0 Å². The molecule has 0 aromatic carbocycles. The van der Waals surface area contributed by atoms with Gasteiger partial charge >= 0.3 is 0 Å². The third-order valence-electron chi connectivity index (χ3n) is 3.37. The normalized spacial score (nSPS) is 17.7. The van der Waals surface area contributed by atoms with E-state index in [9.17, 15) is 9.59 Å². The molecule has 0 bridgehead atoms. The fourth-order valence-electron chi connectivity index (χ4n) is 2.30. The number of likely N-dealkylation sites (tertiary alicyclic amines) is 1. The largest absolute Gasteiger partial charge is 0.364 e. The van der Waals surface area contributed by atoms with E-state index in [-0.39, 0.29) is 23.6 Å². The van der Waals surface area contributed by atoms with E-state index in [4.69, 9.17) is 0 Å². The Kier molecular flexibility index (Phi) is 3.63. The molecule has 1 N–H and O–H groups in total. The maximum atomic E-state index is 12.2. The fraction of sp³-hybridized carbons (Fsp3) is 0.286. The van der Waals surface area contributed by atoms with E-state index in [2.05, 4.69) is 20.0 Å². The lowest BCUT2D eigenvalue weighted by atomic mass is 10.2. The molecule has 3 rings (SSSR count). The second-order valence-corrected chi connectivity index (χ2v) is 4.81. The molecule has 108 valence electrons. The molecule has 1 fully saturated rings. The SMILES string of the molecule is O=C(N[C@@H]1CCN(C(=O)c2ccccn2)C1)c1ccon1. The average molecular weight is 286 g/mol. The monoisotopic (exact) mass is 286 g/mol.